The first kappa shape index (κ1) is 10.4. The molecule has 0 amide bonds. The van der Waals surface area contributed by atoms with E-state index in [2.05, 4.69) is 24.1 Å². The van der Waals surface area contributed by atoms with Crippen molar-refractivity contribution in [3.63, 3.8) is 0 Å². The predicted octanol–water partition coefficient (Wildman–Crippen LogP) is 1.86. The largest absolute Gasteiger partial charge is 0.316 e. The van der Waals surface area contributed by atoms with Gasteiger partial charge < -0.3 is 5.32 Å². The van der Waals surface area contributed by atoms with E-state index in [1.54, 1.807) is 0 Å². The fourth-order valence-corrected chi connectivity index (χ4v) is 2.80. The summed E-state index contributed by atoms with van der Waals surface area (Å²) in [6, 6.07) is 1.65. The van der Waals surface area contributed by atoms with Gasteiger partial charge in [0.15, 0.2) is 0 Å². The lowest BCUT2D eigenvalue weighted by Gasteiger charge is -2.40. The number of nitrogens with zero attached hydrogens (tertiary/aromatic N) is 1. The van der Waals surface area contributed by atoms with Crippen molar-refractivity contribution in [3.05, 3.63) is 0 Å². The molecule has 0 bridgehead atoms. The predicted molar refractivity (Wildman–Crippen MR) is 60.5 cm³/mol. The van der Waals surface area contributed by atoms with Crippen LogP contribution in [0.5, 0.6) is 0 Å². The summed E-state index contributed by atoms with van der Waals surface area (Å²) >= 11 is 0. The van der Waals surface area contributed by atoms with Crippen LogP contribution in [0.1, 0.15) is 39.5 Å². The SMILES string of the molecule is C[C@@H]1CCC[C@H](C)N1CCC1CNC1. The second-order valence-corrected chi connectivity index (χ2v) is 5.18. The Morgan fingerprint density at radius 3 is 2.29 bits per heavy atom. The van der Waals surface area contributed by atoms with Crippen LogP contribution in [-0.4, -0.2) is 36.6 Å². The van der Waals surface area contributed by atoms with Crippen molar-refractivity contribution >= 4 is 0 Å². The van der Waals surface area contributed by atoms with E-state index in [0.29, 0.717) is 0 Å². The summed E-state index contributed by atoms with van der Waals surface area (Å²) in [6.07, 6.45) is 5.66. The molecule has 2 atom stereocenters. The van der Waals surface area contributed by atoms with Gasteiger partial charge in [0.1, 0.15) is 0 Å². The summed E-state index contributed by atoms with van der Waals surface area (Å²) in [4.78, 5) is 2.72. The first-order valence-corrected chi connectivity index (χ1v) is 6.24. The Morgan fingerprint density at radius 1 is 1.14 bits per heavy atom. The minimum atomic E-state index is 0.826. The molecule has 2 heterocycles. The number of hydrogen-bond donors (Lipinski definition) is 1. The Kier molecular flexibility index (Phi) is 3.45. The quantitative estimate of drug-likeness (QED) is 0.741. The average Bonchev–Trinajstić information content (AvgIpc) is 2.07. The molecular formula is C12H24N2. The number of likely N-dealkylation sites (tertiary alicyclic amines) is 1. The number of piperidine rings is 1. The van der Waals surface area contributed by atoms with Crippen molar-refractivity contribution in [2.24, 2.45) is 5.92 Å². The first-order valence-electron chi connectivity index (χ1n) is 6.24. The molecule has 2 heteroatoms. The zero-order valence-corrected chi connectivity index (χ0v) is 9.63. The second kappa shape index (κ2) is 4.63. The summed E-state index contributed by atoms with van der Waals surface area (Å²) in [5.41, 5.74) is 0. The highest BCUT2D eigenvalue weighted by Gasteiger charge is 2.26. The number of rotatable bonds is 3. The lowest BCUT2D eigenvalue weighted by molar-refractivity contribution is 0.0915. The van der Waals surface area contributed by atoms with Crippen molar-refractivity contribution < 1.29 is 0 Å². The summed E-state index contributed by atoms with van der Waals surface area (Å²) in [5.74, 6) is 0.969. The fraction of sp³-hybridized carbons (Fsp3) is 1.00. The fourth-order valence-electron chi connectivity index (χ4n) is 2.80. The third kappa shape index (κ3) is 2.29. The first-order chi connectivity index (χ1) is 6.77. The average molecular weight is 196 g/mol. The van der Waals surface area contributed by atoms with Gasteiger partial charge in [-0.25, -0.2) is 0 Å². The minimum Gasteiger partial charge on any atom is -0.316 e. The van der Waals surface area contributed by atoms with Gasteiger partial charge in [0.05, 0.1) is 0 Å². The van der Waals surface area contributed by atoms with Gasteiger partial charge in [-0.3, -0.25) is 4.90 Å². The van der Waals surface area contributed by atoms with Crippen molar-refractivity contribution in [1.82, 2.24) is 10.2 Å². The van der Waals surface area contributed by atoms with E-state index in [9.17, 15) is 0 Å². The Hall–Kier alpha value is -0.0800. The second-order valence-electron chi connectivity index (χ2n) is 5.18. The lowest BCUT2D eigenvalue weighted by atomic mass is 9.94. The van der Waals surface area contributed by atoms with E-state index in [0.717, 1.165) is 18.0 Å². The molecule has 0 saturated carbocycles. The summed E-state index contributed by atoms with van der Waals surface area (Å²) in [7, 11) is 0. The maximum absolute atomic E-state index is 3.35. The van der Waals surface area contributed by atoms with Crippen LogP contribution in [0, 0.1) is 5.92 Å². The molecule has 2 saturated heterocycles. The lowest BCUT2D eigenvalue weighted by Crippen LogP contribution is -2.48. The highest BCUT2D eigenvalue weighted by Crippen LogP contribution is 2.23. The van der Waals surface area contributed by atoms with E-state index in [-0.39, 0.29) is 0 Å². The smallest absolute Gasteiger partial charge is 0.00697 e. The Bertz CT molecular complexity index is 167. The maximum atomic E-state index is 3.35. The van der Waals surface area contributed by atoms with Crippen LogP contribution >= 0.6 is 0 Å². The van der Waals surface area contributed by atoms with Gasteiger partial charge in [-0.05, 0) is 58.7 Å². The molecule has 82 valence electrons. The molecule has 1 N–H and O–H groups in total. The number of hydrogen-bond acceptors (Lipinski definition) is 2. The zero-order valence-electron chi connectivity index (χ0n) is 9.63. The Labute approximate surface area is 88.1 Å². The van der Waals surface area contributed by atoms with Crippen LogP contribution in [0.15, 0.2) is 0 Å². The molecule has 2 nitrogen and oxygen atoms in total. The van der Waals surface area contributed by atoms with E-state index in [1.165, 1.54) is 45.3 Å². The molecule has 0 unspecified atom stereocenters. The van der Waals surface area contributed by atoms with Gasteiger partial charge in [0.2, 0.25) is 0 Å². The van der Waals surface area contributed by atoms with E-state index < -0.39 is 0 Å². The number of nitrogens with one attached hydrogen (secondary N) is 1. The molecule has 14 heavy (non-hydrogen) atoms. The van der Waals surface area contributed by atoms with Crippen molar-refractivity contribution in [2.45, 2.75) is 51.6 Å². The zero-order chi connectivity index (χ0) is 9.97. The molecule has 0 radical (unpaired) electrons. The monoisotopic (exact) mass is 196 g/mol. The van der Waals surface area contributed by atoms with Gasteiger partial charge in [-0.1, -0.05) is 6.42 Å². The van der Waals surface area contributed by atoms with E-state index in [4.69, 9.17) is 0 Å². The normalized spacial score (nSPS) is 35.6. The van der Waals surface area contributed by atoms with Gasteiger partial charge in [0, 0.05) is 12.1 Å². The van der Waals surface area contributed by atoms with Crippen LogP contribution < -0.4 is 5.32 Å². The molecule has 0 spiro atoms. The summed E-state index contributed by atoms with van der Waals surface area (Å²) < 4.78 is 0. The third-order valence-corrected chi connectivity index (χ3v) is 4.04. The van der Waals surface area contributed by atoms with Crippen LogP contribution in [0.4, 0.5) is 0 Å². The van der Waals surface area contributed by atoms with Gasteiger partial charge >= 0.3 is 0 Å². The summed E-state index contributed by atoms with van der Waals surface area (Å²) in [5, 5.41) is 3.35. The van der Waals surface area contributed by atoms with E-state index in [1.807, 2.05) is 0 Å². The molecule has 2 fully saturated rings. The van der Waals surface area contributed by atoms with Crippen LogP contribution in [0.3, 0.4) is 0 Å². The van der Waals surface area contributed by atoms with Crippen LogP contribution in [-0.2, 0) is 0 Å². The molecule has 0 aromatic rings. The van der Waals surface area contributed by atoms with Crippen molar-refractivity contribution in [2.75, 3.05) is 19.6 Å². The van der Waals surface area contributed by atoms with Gasteiger partial charge in [-0.2, -0.15) is 0 Å². The Morgan fingerprint density at radius 2 is 1.79 bits per heavy atom. The van der Waals surface area contributed by atoms with Crippen molar-refractivity contribution in [3.8, 4) is 0 Å². The minimum absolute atomic E-state index is 0.826. The Balaban J connectivity index is 1.75. The van der Waals surface area contributed by atoms with Crippen LogP contribution in [0.2, 0.25) is 0 Å². The standard InChI is InChI=1S/C12H24N2/c1-10-4-3-5-11(2)14(10)7-6-12-8-13-9-12/h10-13H,3-9H2,1-2H3/t10-,11+. The molecule has 0 aromatic heterocycles. The molecule has 0 aliphatic carbocycles. The third-order valence-electron chi connectivity index (χ3n) is 4.04. The topological polar surface area (TPSA) is 15.3 Å². The molecule has 2 aliphatic rings. The molecule has 2 rings (SSSR count). The van der Waals surface area contributed by atoms with E-state index >= 15 is 0 Å². The molecular weight excluding hydrogens is 172 g/mol. The van der Waals surface area contributed by atoms with Gasteiger partial charge in [0.25, 0.3) is 0 Å². The molecule has 0 aromatic carbocycles. The van der Waals surface area contributed by atoms with Gasteiger partial charge in [-0.15, -0.1) is 0 Å². The highest BCUT2D eigenvalue weighted by molar-refractivity contribution is 4.82. The maximum Gasteiger partial charge on any atom is 0.00697 e. The van der Waals surface area contributed by atoms with Crippen LogP contribution in [0.25, 0.3) is 0 Å². The molecule has 2 aliphatic heterocycles. The highest BCUT2D eigenvalue weighted by atomic mass is 15.2. The van der Waals surface area contributed by atoms with Crippen molar-refractivity contribution in [1.29, 1.82) is 0 Å². The summed E-state index contributed by atoms with van der Waals surface area (Å²) in [6.45, 7) is 8.64.